The SMILES string of the molecule is CCC/C=C\C/C=C\CCCCCCCCOCC(COC(=O)CCCCCCCCC/C=C\C/C=C\CCCCC)OC(=O)CCCCCCCCC/C=C\CCCCCCCC. The van der Waals surface area contributed by atoms with Crippen molar-refractivity contribution >= 4 is 11.9 Å². The molecule has 0 aromatic rings. The van der Waals surface area contributed by atoms with E-state index in [9.17, 15) is 9.59 Å². The molecule has 1 unspecified atom stereocenters. The number of hydrogen-bond donors (Lipinski definition) is 0. The van der Waals surface area contributed by atoms with Crippen molar-refractivity contribution in [1.29, 1.82) is 0 Å². The van der Waals surface area contributed by atoms with Crippen LogP contribution in [0.3, 0.4) is 0 Å². The summed E-state index contributed by atoms with van der Waals surface area (Å²) in [5.41, 5.74) is 0. The zero-order valence-corrected chi connectivity index (χ0v) is 42.8. The molecule has 0 aromatic heterocycles. The molecule has 0 bridgehead atoms. The van der Waals surface area contributed by atoms with E-state index in [-0.39, 0.29) is 25.2 Å². The molecule has 0 aromatic carbocycles. The van der Waals surface area contributed by atoms with Crippen LogP contribution in [0, 0.1) is 0 Å². The van der Waals surface area contributed by atoms with Crippen LogP contribution in [0.4, 0.5) is 0 Å². The normalized spacial score (nSPS) is 12.6. The Morgan fingerprint density at radius 3 is 1.14 bits per heavy atom. The Balaban J connectivity index is 4.29. The molecule has 5 nitrogen and oxygen atoms in total. The summed E-state index contributed by atoms with van der Waals surface area (Å²) in [6.07, 6.45) is 69.4. The fourth-order valence-electron chi connectivity index (χ4n) is 7.81. The van der Waals surface area contributed by atoms with Gasteiger partial charge in [-0.2, -0.15) is 0 Å². The van der Waals surface area contributed by atoms with Gasteiger partial charge in [-0.05, 0) is 103 Å². The summed E-state index contributed by atoms with van der Waals surface area (Å²) in [6, 6.07) is 0. The molecule has 0 amide bonds. The van der Waals surface area contributed by atoms with E-state index in [4.69, 9.17) is 14.2 Å². The van der Waals surface area contributed by atoms with E-state index in [1.165, 1.54) is 180 Å². The molecule has 0 radical (unpaired) electrons. The van der Waals surface area contributed by atoms with Crippen LogP contribution in [0.15, 0.2) is 60.8 Å². The first-order chi connectivity index (χ1) is 31.6. The van der Waals surface area contributed by atoms with Crippen molar-refractivity contribution in [2.24, 2.45) is 0 Å². The Labute approximate surface area is 398 Å². The second kappa shape index (κ2) is 54.9. The van der Waals surface area contributed by atoms with Crippen LogP contribution in [-0.2, 0) is 23.8 Å². The van der Waals surface area contributed by atoms with Gasteiger partial charge in [-0.15, -0.1) is 0 Å². The fraction of sp³-hybridized carbons (Fsp3) is 0.797. The van der Waals surface area contributed by atoms with Gasteiger partial charge in [0.2, 0.25) is 0 Å². The Hall–Kier alpha value is -2.40. The molecule has 0 spiro atoms. The van der Waals surface area contributed by atoms with Crippen LogP contribution in [0.1, 0.15) is 278 Å². The lowest BCUT2D eigenvalue weighted by atomic mass is 10.1. The summed E-state index contributed by atoms with van der Waals surface area (Å²) in [4.78, 5) is 25.5. The Kier molecular flexibility index (Phi) is 52.9. The zero-order valence-electron chi connectivity index (χ0n) is 42.8. The molecule has 0 saturated carbocycles. The molecule has 0 heterocycles. The van der Waals surface area contributed by atoms with E-state index in [2.05, 4.69) is 81.5 Å². The lowest BCUT2D eigenvalue weighted by Crippen LogP contribution is -2.30. The molecule has 5 heteroatoms. The molecule has 64 heavy (non-hydrogen) atoms. The van der Waals surface area contributed by atoms with Crippen LogP contribution in [0.2, 0.25) is 0 Å². The second-order valence-corrected chi connectivity index (χ2v) is 18.5. The van der Waals surface area contributed by atoms with E-state index in [0.29, 0.717) is 19.4 Å². The van der Waals surface area contributed by atoms with Crippen LogP contribution in [0.5, 0.6) is 0 Å². The quantitative estimate of drug-likeness (QED) is 0.0346. The van der Waals surface area contributed by atoms with Gasteiger partial charge in [0.25, 0.3) is 0 Å². The maximum absolute atomic E-state index is 12.8. The highest BCUT2D eigenvalue weighted by Gasteiger charge is 2.17. The van der Waals surface area contributed by atoms with Gasteiger partial charge in [0.05, 0.1) is 6.61 Å². The van der Waals surface area contributed by atoms with Gasteiger partial charge in [-0.1, -0.05) is 223 Å². The maximum atomic E-state index is 12.8. The molecular formula is C59H106O5. The summed E-state index contributed by atoms with van der Waals surface area (Å²) >= 11 is 0. The number of esters is 2. The fourth-order valence-corrected chi connectivity index (χ4v) is 7.81. The molecule has 0 fully saturated rings. The Morgan fingerprint density at radius 1 is 0.344 bits per heavy atom. The van der Waals surface area contributed by atoms with Crippen molar-refractivity contribution in [2.75, 3.05) is 19.8 Å². The lowest BCUT2D eigenvalue weighted by Gasteiger charge is -2.18. The van der Waals surface area contributed by atoms with Gasteiger partial charge >= 0.3 is 11.9 Å². The standard InChI is InChI=1S/C59H106O5/c1-4-7-10-13-16-19-22-25-28-30-32-34-37-40-43-46-49-52-58(60)63-56-57(55-62-54-51-48-45-42-39-36-27-24-21-18-15-12-9-6-3)64-59(61)53-50-47-44-41-38-35-33-31-29-26-23-20-17-14-11-8-5-2/h12,15-16,19,21,24-26,28-29,57H,4-11,13-14,17-18,20,22-23,27,30-56H2,1-3H3/b15-12-,19-16-,24-21-,28-25-,29-26-. The monoisotopic (exact) mass is 895 g/mol. The van der Waals surface area contributed by atoms with Crippen LogP contribution < -0.4 is 0 Å². The number of carbonyl (C=O) groups is 2. The summed E-state index contributed by atoms with van der Waals surface area (Å²) in [6.45, 7) is 7.73. The minimum absolute atomic E-state index is 0.0754. The summed E-state index contributed by atoms with van der Waals surface area (Å²) in [5.74, 6) is -0.409. The average molecular weight is 895 g/mol. The minimum Gasteiger partial charge on any atom is -0.462 e. The van der Waals surface area contributed by atoms with E-state index in [1.54, 1.807) is 0 Å². The zero-order chi connectivity index (χ0) is 46.3. The van der Waals surface area contributed by atoms with Gasteiger partial charge in [-0.3, -0.25) is 9.59 Å². The Morgan fingerprint density at radius 2 is 0.688 bits per heavy atom. The molecule has 372 valence electrons. The predicted octanol–water partition coefficient (Wildman–Crippen LogP) is 18.9. The summed E-state index contributed by atoms with van der Waals surface area (Å²) in [7, 11) is 0. The number of ether oxygens (including phenoxy) is 3. The summed E-state index contributed by atoms with van der Waals surface area (Å²) in [5, 5.41) is 0. The molecule has 0 aliphatic carbocycles. The van der Waals surface area contributed by atoms with Crippen LogP contribution in [0.25, 0.3) is 0 Å². The maximum Gasteiger partial charge on any atom is 0.306 e. The van der Waals surface area contributed by atoms with Gasteiger partial charge in [0, 0.05) is 19.4 Å². The molecule has 1 atom stereocenters. The van der Waals surface area contributed by atoms with Crippen molar-refractivity contribution in [1.82, 2.24) is 0 Å². The minimum atomic E-state index is -0.548. The van der Waals surface area contributed by atoms with E-state index in [1.807, 2.05) is 0 Å². The first-order valence-electron chi connectivity index (χ1n) is 27.8. The van der Waals surface area contributed by atoms with E-state index in [0.717, 1.165) is 64.2 Å². The smallest absolute Gasteiger partial charge is 0.306 e. The third kappa shape index (κ3) is 52.2. The van der Waals surface area contributed by atoms with Crippen molar-refractivity contribution in [3.05, 3.63) is 60.8 Å². The second-order valence-electron chi connectivity index (χ2n) is 18.5. The number of rotatable bonds is 51. The van der Waals surface area contributed by atoms with E-state index >= 15 is 0 Å². The topological polar surface area (TPSA) is 61.8 Å². The van der Waals surface area contributed by atoms with Crippen molar-refractivity contribution in [3.63, 3.8) is 0 Å². The average Bonchev–Trinajstić information content (AvgIpc) is 3.30. The lowest BCUT2D eigenvalue weighted by molar-refractivity contribution is -0.163. The van der Waals surface area contributed by atoms with Gasteiger partial charge in [0.1, 0.15) is 6.61 Å². The Bertz CT molecular complexity index is 1100. The highest BCUT2D eigenvalue weighted by atomic mass is 16.6. The molecular weight excluding hydrogens is 789 g/mol. The van der Waals surface area contributed by atoms with Crippen LogP contribution >= 0.6 is 0 Å². The van der Waals surface area contributed by atoms with Gasteiger partial charge in [-0.25, -0.2) is 0 Å². The number of allylic oxidation sites excluding steroid dienone is 10. The number of unbranched alkanes of at least 4 members (excludes halogenated alkanes) is 30. The van der Waals surface area contributed by atoms with E-state index < -0.39 is 6.10 Å². The highest BCUT2D eigenvalue weighted by Crippen LogP contribution is 2.15. The largest absolute Gasteiger partial charge is 0.462 e. The molecule has 0 rings (SSSR count). The first-order valence-corrected chi connectivity index (χ1v) is 27.8. The first kappa shape index (κ1) is 61.6. The van der Waals surface area contributed by atoms with Gasteiger partial charge < -0.3 is 14.2 Å². The van der Waals surface area contributed by atoms with Gasteiger partial charge in [0.15, 0.2) is 6.10 Å². The molecule has 0 aliphatic heterocycles. The number of hydrogen-bond acceptors (Lipinski definition) is 5. The highest BCUT2D eigenvalue weighted by molar-refractivity contribution is 5.70. The van der Waals surface area contributed by atoms with Crippen molar-refractivity contribution < 1.29 is 23.8 Å². The molecule has 0 aliphatic rings. The van der Waals surface area contributed by atoms with Crippen molar-refractivity contribution in [2.45, 2.75) is 284 Å². The van der Waals surface area contributed by atoms with Crippen molar-refractivity contribution in [3.8, 4) is 0 Å². The molecule has 0 N–H and O–H groups in total. The summed E-state index contributed by atoms with van der Waals surface area (Å²) < 4.78 is 17.4. The molecule has 0 saturated heterocycles. The van der Waals surface area contributed by atoms with Crippen LogP contribution in [-0.4, -0.2) is 37.9 Å². The predicted molar refractivity (Wildman–Crippen MR) is 279 cm³/mol. The third-order valence-corrected chi connectivity index (χ3v) is 12.0. The number of carbonyl (C=O) groups excluding carboxylic acids is 2. The third-order valence-electron chi connectivity index (χ3n) is 12.0.